The first-order valence-corrected chi connectivity index (χ1v) is 11.2. The van der Waals surface area contributed by atoms with Crippen LogP contribution in [0.2, 0.25) is 0 Å². The van der Waals surface area contributed by atoms with E-state index in [0.29, 0.717) is 3.57 Å². The molecule has 0 saturated carbocycles. The molecule has 0 aromatic heterocycles. The van der Waals surface area contributed by atoms with Gasteiger partial charge in [-0.05, 0) is 46.9 Å². The van der Waals surface area contributed by atoms with Gasteiger partial charge < -0.3 is 20.5 Å². The molecule has 0 atom stereocenters. The summed E-state index contributed by atoms with van der Waals surface area (Å²) in [7, 11) is 0. The van der Waals surface area contributed by atoms with Crippen LogP contribution in [0, 0.1) is 21.0 Å². The van der Waals surface area contributed by atoms with Gasteiger partial charge in [0.2, 0.25) is 0 Å². The van der Waals surface area contributed by atoms with E-state index in [4.69, 9.17) is 4.74 Å². The molecule has 1 aliphatic rings. The van der Waals surface area contributed by atoms with Crippen molar-refractivity contribution >= 4 is 34.0 Å². The topological polar surface area (TPSA) is 56.8 Å². The minimum atomic E-state index is -5.69. The van der Waals surface area contributed by atoms with Crippen molar-refractivity contribution < 1.29 is 45.0 Å². The SMILES string of the molecule is OC1(CNCC(F)(F)C(F)(F)F)CN(COCc2ccc(F)c(F)c2Nc2ccc(I)cc2F)C1. The maximum Gasteiger partial charge on any atom is 0.454 e. The number of hydrogen-bond donors (Lipinski definition) is 3. The monoisotopic (exact) mass is 625 g/mol. The minimum absolute atomic E-state index is 0.0751. The van der Waals surface area contributed by atoms with Gasteiger partial charge >= 0.3 is 12.1 Å². The van der Waals surface area contributed by atoms with E-state index in [0.717, 1.165) is 6.07 Å². The lowest BCUT2D eigenvalue weighted by Gasteiger charge is -2.46. The minimum Gasteiger partial charge on any atom is -0.386 e. The van der Waals surface area contributed by atoms with Gasteiger partial charge in [0, 0.05) is 28.8 Å². The zero-order valence-corrected chi connectivity index (χ0v) is 20.0. The van der Waals surface area contributed by atoms with Crippen molar-refractivity contribution in [1.29, 1.82) is 0 Å². The van der Waals surface area contributed by atoms with Gasteiger partial charge in [-0.1, -0.05) is 6.07 Å². The molecular formula is C21H20F8IN3O2. The Morgan fingerprint density at radius 1 is 1.03 bits per heavy atom. The number of β-amino-alcohol motifs (C(OH)–C–C–N with tert-alkyl or cyclic N) is 1. The molecule has 0 bridgehead atoms. The lowest BCUT2D eigenvalue weighted by atomic mass is 9.95. The van der Waals surface area contributed by atoms with Gasteiger partial charge in [0.05, 0.1) is 31.3 Å². The molecule has 1 heterocycles. The highest BCUT2D eigenvalue weighted by Gasteiger charge is 2.57. The molecular weight excluding hydrogens is 605 g/mol. The van der Waals surface area contributed by atoms with Crippen molar-refractivity contribution in [3.05, 3.63) is 56.9 Å². The van der Waals surface area contributed by atoms with E-state index in [-0.39, 0.29) is 43.4 Å². The van der Waals surface area contributed by atoms with Gasteiger partial charge in [0.15, 0.2) is 11.6 Å². The number of nitrogens with zero attached hydrogens (tertiary/aromatic N) is 1. The Kier molecular flexibility index (Phi) is 8.51. The van der Waals surface area contributed by atoms with Crippen LogP contribution in [-0.4, -0.2) is 60.6 Å². The fourth-order valence-corrected chi connectivity index (χ4v) is 3.85. The number of aliphatic hydroxyl groups is 1. The van der Waals surface area contributed by atoms with E-state index >= 15 is 0 Å². The van der Waals surface area contributed by atoms with Crippen molar-refractivity contribution in [2.75, 3.05) is 38.2 Å². The Morgan fingerprint density at radius 3 is 2.34 bits per heavy atom. The molecule has 14 heteroatoms. The standard InChI is InChI=1S/C21H20F8IN3O2/c22-14-3-1-12(18(17(14)24)32-16-4-2-13(30)5-15(16)23)6-35-11-33-9-19(34,10-33)7-31-8-20(25,26)21(27,28)29/h1-5,31-32,34H,6-11H2. The third-order valence-electron chi connectivity index (χ3n) is 5.16. The van der Waals surface area contributed by atoms with Crippen LogP contribution >= 0.6 is 22.6 Å². The third-order valence-corrected chi connectivity index (χ3v) is 5.83. The number of rotatable bonds is 10. The second kappa shape index (κ2) is 10.7. The van der Waals surface area contributed by atoms with Crippen molar-refractivity contribution in [3.63, 3.8) is 0 Å². The van der Waals surface area contributed by atoms with Crippen LogP contribution in [-0.2, 0) is 11.3 Å². The smallest absolute Gasteiger partial charge is 0.386 e. The molecule has 194 valence electrons. The molecule has 0 unspecified atom stereocenters. The molecule has 5 nitrogen and oxygen atoms in total. The summed E-state index contributed by atoms with van der Waals surface area (Å²) in [6.07, 6.45) is -5.69. The molecule has 3 rings (SSSR count). The highest BCUT2D eigenvalue weighted by atomic mass is 127. The van der Waals surface area contributed by atoms with E-state index in [2.05, 4.69) is 5.32 Å². The van der Waals surface area contributed by atoms with Crippen LogP contribution in [0.4, 0.5) is 46.5 Å². The molecule has 0 spiro atoms. The highest BCUT2D eigenvalue weighted by Crippen LogP contribution is 2.35. The molecule has 35 heavy (non-hydrogen) atoms. The molecule has 1 aliphatic heterocycles. The molecule has 0 radical (unpaired) electrons. The average Bonchev–Trinajstić information content (AvgIpc) is 2.72. The summed E-state index contributed by atoms with van der Waals surface area (Å²) >= 11 is 1.89. The van der Waals surface area contributed by atoms with E-state index in [9.17, 15) is 40.2 Å². The number of hydrogen-bond acceptors (Lipinski definition) is 5. The Labute approximate surface area is 208 Å². The number of ether oxygens (including phenoxy) is 1. The van der Waals surface area contributed by atoms with E-state index in [1.54, 1.807) is 6.07 Å². The quantitative estimate of drug-likeness (QED) is 0.263. The maximum absolute atomic E-state index is 14.4. The van der Waals surface area contributed by atoms with Crippen molar-refractivity contribution in [1.82, 2.24) is 10.2 Å². The first-order chi connectivity index (χ1) is 16.2. The van der Waals surface area contributed by atoms with Gasteiger partial charge in [-0.15, -0.1) is 0 Å². The van der Waals surface area contributed by atoms with Crippen LogP contribution in [0.1, 0.15) is 5.56 Å². The van der Waals surface area contributed by atoms with Crippen molar-refractivity contribution in [3.8, 4) is 0 Å². The molecule has 2 aromatic carbocycles. The third kappa shape index (κ3) is 6.93. The molecule has 1 saturated heterocycles. The van der Waals surface area contributed by atoms with Crippen LogP contribution < -0.4 is 10.6 Å². The second-order valence-electron chi connectivity index (χ2n) is 8.14. The van der Waals surface area contributed by atoms with E-state index < -0.39 is 48.2 Å². The predicted molar refractivity (Wildman–Crippen MR) is 119 cm³/mol. The molecule has 0 aliphatic carbocycles. The van der Waals surface area contributed by atoms with E-state index in [1.807, 2.05) is 27.9 Å². The van der Waals surface area contributed by atoms with Crippen LogP contribution in [0.15, 0.2) is 30.3 Å². The lowest BCUT2D eigenvalue weighted by Crippen LogP contribution is -2.66. The van der Waals surface area contributed by atoms with Crippen LogP contribution in [0.3, 0.4) is 0 Å². The summed E-state index contributed by atoms with van der Waals surface area (Å²) in [5.74, 6) is -7.98. The Balaban J connectivity index is 1.51. The van der Waals surface area contributed by atoms with Crippen molar-refractivity contribution in [2.24, 2.45) is 0 Å². The van der Waals surface area contributed by atoms with E-state index in [1.165, 1.54) is 23.1 Å². The fraction of sp³-hybridized carbons (Fsp3) is 0.429. The van der Waals surface area contributed by atoms with Gasteiger partial charge in [-0.25, -0.2) is 13.2 Å². The van der Waals surface area contributed by atoms with Gasteiger partial charge in [-0.3, -0.25) is 4.90 Å². The Bertz CT molecular complexity index is 1050. The molecule has 1 fully saturated rings. The first-order valence-electron chi connectivity index (χ1n) is 10.1. The summed E-state index contributed by atoms with van der Waals surface area (Å²) in [6.45, 7) is -2.63. The van der Waals surface area contributed by atoms with Gasteiger partial charge in [0.25, 0.3) is 0 Å². The number of likely N-dealkylation sites (tertiary alicyclic amines) is 1. The summed E-state index contributed by atoms with van der Waals surface area (Å²) < 4.78 is 111. The Hall–Kier alpha value is -1.75. The van der Waals surface area contributed by atoms with Crippen LogP contribution in [0.5, 0.6) is 0 Å². The van der Waals surface area contributed by atoms with Gasteiger partial charge in [-0.2, -0.15) is 22.0 Å². The summed E-state index contributed by atoms with van der Waals surface area (Å²) in [5.41, 5.74) is -1.75. The summed E-state index contributed by atoms with van der Waals surface area (Å²) in [5, 5.41) is 14.6. The normalized spacial score (nSPS) is 16.3. The first kappa shape index (κ1) is 27.8. The maximum atomic E-state index is 14.4. The number of nitrogens with one attached hydrogen (secondary N) is 2. The van der Waals surface area contributed by atoms with Gasteiger partial charge in [0.1, 0.15) is 11.4 Å². The predicted octanol–water partition coefficient (Wildman–Crippen LogP) is 4.76. The largest absolute Gasteiger partial charge is 0.454 e. The number of alkyl halides is 5. The lowest BCUT2D eigenvalue weighted by molar-refractivity contribution is -0.279. The number of anilines is 2. The zero-order chi connectivity index (χ0) is 26.0. The second-order valence-corrected chi connectivity index (χ2v) is 9.39. The summed E-state index contributed by atoms with van der Waals surface area (Å²) in [6, 6.07) is 6.28. The van der Waals surface area contributed by atoms with Crippen molar-refractivity contribution in [2.45, 2.75) is 24.3 Å². The molecule has 0 amide bonds. The molecule has 3 N–H and O–H groups in total. The summed E-state index contributed by atoms with van der Waals surface area (Å²) in [4.78, 5) is 1.52. The Morgan fingerprint density at radius 2 is 1.71 bits per heavy atom. The number of halogens is 9. The van der Waals surface area contributed by atoms with Crippen LogP contribution in [0.25, 0.3) is 0 Å². The average molecular weight is 625 g/mol. The highest BCUT2D eigenvalue weighted by molar-refractivity contribution is 14.1. The number of benzene rings is 2. The molecule has 2 aromatic rings. The zero-order valence-electron chi connectivity index (χ0n) is 17.8. The fourth-order valence-electron chi connectivity index (χ4n) is 3.40.